The highest BCUT2D eigenvalue weighted by atomic mass is 19.3. The number of benzene rings is 2. The maximum atomic E-state index is 17.4. The molecule has 4 aliphatic rings. The molecule has 0 N–H and O–H groups in total. The van der Waals surface area contributed by atoms with Crippen LogP contribution in [0.4, 0.5) is 28.2 Å². The summed E-state index contributed by atoms with van der Waals surface area (Å²) >= 11 is 0. The van der Waals surface area contributed by atoms with Crippen molar-refractivity contribution in [2.45, 2.75) is 69.7 Å². The highest BCUT2D eigenvalue weighted by Crippen LogP contribution is 2.45. The van der Waals surface area contributed by atoms with Crippen LogP contribution in [0.1, 0.15) is 52.0 Å². The van der Waals surface area contributed by atoms with E-state index in [0.717, 1.165) is 18.4 Å². The molecule has 0 spiro atoms. The average molecular weight is 787 g/mol. The van der Waals surface area contributed by atoms with Gasteiger partial charge in [-0.1, -0.05) is 24.1 Å². The lowest BCUT2D eigenvalue weighted by Crippen LogP contribution is -2.57. The van der Waals surface area contributed by atoms with Gasteiger partial charge in [-0.25, -0.2) is 13.6 Å². The molecule has 8 rings (SSSR count). The first-order valence-electron chi connectivity index (χ1n) is 18.7. The van der Waals surface area contributed by atoms with Crippen molar-refractivity contribution >= 4 is 33.6 Å². The number of halogens is 4. The van der Waals surface area contributed by atoms with E-state index in [0.29, 0.717) is 43.0 Å². The largest absolute Gasteiger partial charge is 0.468 e. The molecule has 0 radical (unpaired) electrons. The summed E-state index contributed by atoms with van der Waals surface area (Å²) in [4.78, 5) is 33.0. The van der Waals surface area contributed by atoms with Gasteiger partial charge in [0.05, 0.1) is 28.6 Å². The number of terminal acetylenes is 1. The van der Waals surface area contributed by atoms with Gasteiger partial charge in [0.15, 0.2) is 12.6 Å². The number of amides is 1. The van der Waals surface area contributed by atoms with Crippen LogP contribution < -0.4 is 14.4 Å². The smallest absolute Gasteiger partial charge is 0.410 e. The molecule has 4 saturated heterocycles. The Hall–Kier alpha value is -5.46. The number of fused-ring (bicyclic) bond motifs is 5. The number of anilines is 1. The average Bonchev–Trinajstić information content (AvgIpc) is 3.76. The first kappa shape index (κ1) is 38.4. The summed E-state index contributed by atoms with van der Waals surface area (Å²) in [6.45, 7) is 10.7. The quantitative estimate of drug-likeness (QED) is 0.0768. The van der Waals surface area contributed by atoms with Crippen molar-refractivity contribution in [1.29, 1.82) is 0 Å². The summed E-state index contributed by atoms with van der Waals surface area (Å²) in [6, 6.07) is 5.33. The van der Waals surface area contributed by atoms with Crippen LogP contribution in [-0.4, -0.2) is 101 Å². The van der Waals surface area contributed by atoms with E-state index in [2.05, 4.69) is 22.5 Å². The van der Waals surface area contributed by atoms with E-state index in [1.165, 1.54) is 31.5 Å². The Morgan fingerprint density at radius 2 is 1.82 bits per heavy atom. The van der Waals surface area contributed by atoms with E-state index in [4.69, 9.17) is 30.4 Å². The Balaban J connectivity index is 1.25. The highest BCUT2D eigenvalue weighted by Gasteiger charge is 2.50. The highest BCUT2D eigenvalue weighted by molar-refractivity contribution is 6.03. The summed E-state index contributed by atoms with van der Waals surface area (Å²) in [5.74, 6) is 1.51. The zero-order chi connectivity index (χ0) is 40.4. The number of hydrogen-bond donors (Lipinski definition) is 0. The summed E-state index contributed by atoms with van der Waals surface area (Å²) < 4.78 is 83.1. The molecule has 15 heteroatoms. The summed E-state index contributed by atoms with van der Waals surface area (Å²) in [5.41, 5.74) is -0.774. The van der Waals surface area contributed by atoms with Crippen molar-refractivity contribution in [1.82, 2.24) is 24.8 Å². The number of nitrogens with zero attached hydrogens (tertiary/aromatic N) is 6. The van der Waals surface area contributed by atoms with Crippen molar-refractivity contribution < 1.29 is 41.3 Å². The van der Waals surface area contributed by atoms with Gasteiger partial charge in [-0.15, -0.1) is 6.42 Å². The van der Waals surface area contributed by atoms with Crippen molar-refractivity contribution in [3.05, 3.63) is 71.5 Å². The van der Waals surface area contributed by atoms with E-state index in [1.54, 1.807) is 11.0 Å². The van der Waals surface area contributed by atoms with Crippen LogP contribution in [0.25, 0.3) is 32.9 Å². The minimum absolute atomic E-state index is 0.0398. The fourth-order valence-electron chi connectivity index (χ4n) is 8.83. The third-order valence-corrected chi connectivity index (χ3v) is 11.1. The first-order valence-corrected chi connectivity index (χ1v) is 18.7. The predicted octanol–water partition coefficient (Wildman–Crippen LogP) is 7.61. The fraction of sp³-hybridized carbons (Fsp3) is 0.429. The molecule has 11 nitrogen and oxygen atoms in total. The zero-order valence-corrected chi connectivity index (χ0v) is 32.1. The maximum absolute atomic E-state index is 17.4. The maximum Gasteiger partial charge on any atom is 0.410 e. The second-order valence-corrected chi connectivity index (χ2v) is 16.2. The normalized spacial score (nSPS) is 22.0. The van der Waals surface area contributed by atoms with E-state index in [9.17, 15) is 13.6 Å². The minimum Gasteiger partial charge on any atom is -0.468 e. The van der Waals surface area contributed by atoms with Gasteiger partial charge in [0.2, 0.25) is 0 Å². The van der Waals surface area contributed by atoms with Crippen LogP contribution in [0, 0.1) is 24.0 Å². The van der Waals surface area contributed by atoms with E-state index >= 15 is 8.78 Å². The standard InChI is InChI=1S/C42H42F4N6O5/c1-7-29-32(43)11-8-24-12-28(56-22-54-6)13-30(33(24)29)35-34(44)36-31(16-47-35)38(50-19-26-9-10-27(20-50)52(26)40(53)57-41(3,4)5)49-39(48-36)55-21-42-14-23(2)17-51(42)18-25(15-42)37(45)46/h1,8,11-13,16,26-27H,2,9-10,14-15,17-22H2,3-6H3. The lowest BCUT2D eigenvalue weighted by molar-refractivity contribution is 0.0122. The number of pyridine rings is 1. The number of methoxy groups -OCH3 is 1. The lowest BCUT2D eigenvalue weighted by atomic mass is 9.92. The Labute approximate surface area is 327 Å². The van der Waals surface area contributed by atoms with Gasteiger partial charge in [0.25, 0.3) is 6.08 Å². The van der Waals surface area contributed by atoms with E-state index in [1.807, 2.05) is 30.6 Å². The first-order chi connectivity index (χ1) is 27.2. The molecular formula is C42H42F4N6O5. The fourth-order valence-corrected chi connectivity index (χ4v) is 8.83. The summed E-state index contributed by atoms with van der Waals surface area (Å²) in [5, 5.41) is 1.00. The summed E-state index contributed by atoms with van der Waals surface area (Å²) in [6.07, 6.45) is 7.12. The van der Waals surface area contributed by atoms with Gasteiger partial charge in [0.1, 0.15) is 40.8 Å². The van der Waals surface area contributed by atoms with Gasteiger partial charge in [0, 0.05) is 56.0 Å². The molecule has 6 heterocycles. The molecule has 298 valence electrons. The van der Waals surface area contributed by atoms with Crippen LogP contribution in [0.5, 0.6) is 11.8 Å². The minimum atomic E-state index is -1.71. The van der Waals surface area contributed by atoms with Crippen LogP contribution >= 0.6 is 0 Å². The van der Waals surface area contributed by atoms with E-state index in [-0.39, 0.29) is 83.1 Å². The number of ether oxygens (including phenoxy) is 4. The monoisotopic (exact) mass is 786 g/mol. The second-order valence-electron chi connectivity index (χ2n) is 16.2. The number of piperazine rings is 1. The third kappa shape index (κ3) is 6.99. The molecule has 4 aromatic rings. The van der Waals surface area contributed by atoms with Crippen LogP contribution in [-0.2, 0) is 9.47 Å². The molecular weight excluding hydrogens is 744 g/mol. The SMILES string of the molecule is C#Cc1c(F)ccc2cc(OCOC)cc(-c3ncc4c(N5CC6CCC(C5)N6C(=O)OC(C)(C)C)nc(OCC56CC(=C)CN5CC(=C(F)F)C6)nc4c3F)c12. The van der Waals surface area contributed by atoms with Gasteiger partial charge in [-0.3, -0.25) is 14.8 Å². The van der Waals surface area contributed by atoms with Crippen molar-refractivity contribution in [3.8, 4) is 35.4 Å². The Morgan fingerprint density at radius 3 is 2.51 bits per heavy atom. The Morgan fingerprint density at radius 1 is 1.07 bits per heavy atom. The molecule has 0 saturated carbocycles. The number of carbonyl (C=O) groups is 1. The lowest BCUT2D eigenvalue weighted by Gasteiger charge is -2.42. The Kier molecular flexibility index (Phi) is 9.76. The molecule has 1 amide bonds. The number of carbonyl (C=O) groups excluding carboxylic acids is 1. The number of rotatable bonds is 8. The summed E-state index contributed by atoms with van der Waals surface area (Å²) in [7, 11) is 1.46. The van der Waals surface area contributed by atoms with Crippen molar-refractivity contribution in [2.75, 3.05) is 51.6 Å². The topological polar surface area (TPSA) is 102 Å². The number of aromatic nitrogens is 3. The molecule has 3 unspecified atom stereocenters. The molecule has 3 atom stereocenters. The predicted molar refractivity (Wildman–Crippen MR) is 205 cm³/mol. The zero-order valence-electron chi connectivity index (χ0n) is 32.1. The van der Waals surface area contributed by atoms with Crippen LogP contribution in [0.2, 0.25) is 0 Å². The Bertz CT molecular complexity index is 2380. The van der Waals surface area contributed by atoms with Gasteiger partial charge in [-0.05, 0) is 70.0 Å². The molecule has 2 bridgehead atoms. The molecule has 0 aliphatic carbocycles. The molecule has 4 aliphatic heterocycles. The molecule has 2 aromatic heterocycles. The second kappa shape index (κ2) is 14.5. The number of hydrogen-bond acceptors (Lipinski definition) is 10. The van der Waals surface area contributed by atoms with Gasteiger partial charge in [-0.2, -0.15) is 18.7 Å². The van der Waals surface area contributed by atoms with Gasteiger partial charge < -0.3 is 23.8 Å². The van der Waals surface area contributed by atoms with Crippen LogP contribution in [0.15, 0.2) is 54.3 Å². The van der Waals surface area contributed by atoms with Crippen LogP contribution in [0.3, 0.4) is 0 Å². The third-order valence-electron chi connectivity index (χ3n) is 11.1. The van der Waals surface area contributed by atoms with Gasteiger partial charge >= 0.3 is 12.1 Å². The van der Waals surface area contributed by atoms with Crippen molar-refractivity contribution in [3.63, 3.8) is 0 Å². The molecule has 4 fully saturated rings. The van der Waals surface area contributed by atoms with E-state index < -0.39 is 34.9 Å². The molecule has 2 aromatic carbocycles. The molecule has 57 heavy (non-hydrogen) atoms. The van der Waals surface area contributed by atoms with Crippen molar-refractivity contribution in [2.24, 2.45) is 0 Å².